The van der Waals surface area contributed by atoms with E-state index in [1.54, 1.807) is 41.3 Å². The third kappa shape index (κ3) is 4.30. The minimum Gasteiger partial charge on any atom is -0.372 e. The molecule has 1 aliphatic rings. The second-order valence-electron chi connectivity index (χ2n) is 7.55. The minimum atomic E-state index is -0.457. The molecule has 160 valence electrons. The first-order chi connectivity index (χ1) is 14.8. The standard InChI is InChI=1S/C22H21ClN4O4/c1-14-12-25(13-15(2)31-14)22(28)21-11-19(16-7-9-17(10-8-16)27(29)30)24-26(21)20-6-4-3-5-18(20)23/h3-11,14-15H,12-13H2,1-2H3. The second-order valence-corrected chi connectivity index (χ2v) is 7.96. The SMILES string of the molecule is CC1CN(C(=O)c2cc(-c3ccc([N+](=O)[O-])cc3)nn2-c2ccccc2Cl)CC(C)O1. The van der Waals surface area contributed by atoms with Crippen molar-refractivity contribution in [3.63, 3.8) is 0 Å². The first-order valence-corrected chi connectivity index (χ1v) is 10.3. The Morgan fingerprint density at radius 1 is 1.13 bits per heavy atom. The lowest BCUT2D eigenvalue weighted by atomic mass is 10.1. The van der Waals surface area contributed by atoms with Gasteiger partial charge in [0.05, 0.1) is 33.5 Å². The zero-order valence-electron chi connectivity index (χ0n) is 17.1. The van der Waals surface area contributed by atoms with Crippen LogP contribution in [0.15, 0.2) is 54.6 Å². The number of benzene rings is 2. The number of ether oxygens (including phenoxy) is 1. The van der Waals surface area contributed by atoms with Gasteiger partial charge >= 0.3 is 0 Å². The highest BCUT2D eigenvalue weighted by atomic mass is 35.5. The number of carbonyl (C=O) groups excluding carboxylic acids is 1. The lowest BCUT2D eigenvalue weighted by molar-refractivity contribution is -0.384. The fourth-order valence-corrected chi connectivity index (χ4v) is 3.96. The molecule has 0 radical (unpaired) electrons. The summed E-state index contributed by atoms with van der Waals surface area (Å²) >= 11 is 6.40. The van der Waals surface area contributed by atoms with Gasteiger partial charge in [-0.05, 0) is 44.2 Å². The van der Waals surface area contributed by atoms with Crippen molar-refractivity contribution >= 4 is 23.2 Å². The summed E-state index contributed by atoms with van der Waals surface area (Å²) in [6.45, 7) is 4.82. The van der Waals surface area contributed by atoms with Crippen molar-refractivity contribution < 1.29 is 14.5 Å². The van der Waals surface area contributed by atoms with Crippen LogP contribution in [0, 0.1) is 10.1 Å². The van der Waals surface area contributed by atoms with Gasteiger partial charge in [0.1, 0.15) is 5.69 Å². The van der Waals surface area contributed by atoms with Crippen LogP contribution in [0.5, 0.6) is 0 Å². The van der Waals surface area contributed by atoms with Crippen LogP contribution in [0.2, 0.25) is 5.02 Å². The van der Waals surface area contributed by atoms with E-state index in [4.69, 9.17) is 16.3 Å². The maximum atomic E-state index is 13.5. The van der Waals surface area contributed by atoms with Crippen molar-refractivity contribution in [3.05, 3.63) is 75.4 Å². The number of nitro benzene ring substituents is 1. The highest BCUT2D eigenvalue weighted by molar-refractivity contribution is 6.32. The normalized spacial score (nSPS) is 18.7. The lowest BCUT2D eigenvalue weighted by Gasteiger charge is -2.35. The number of carbonyl (C=O) groups is 1. The average Bonchev–Trinajstić information content (AvgIpc) is 3.18. The number of para-hydroxylation sites is 1. The molecule has 1 aromatic heterocycles. The summed E-state index contributed by atoms with van der Waals surface area (Å²) in [7, 11) is 0. The van der Waals surface area contributed by atoms with Gasteiger partial charge in [-0.1, -0.05) is 23.7 Å². The van der Waals surface area contributed by atoms with E-state index in [2.05, 4.69) is 5.10 Å². The van der Waals surface area contributed by atoms with Gasteiger partial charge in [0.25, 0.3) is 11.6 Å². The minimum absolute atomic E-state index is 0.0121. The summed E-state index contributed by atoms with van der Waals surface area (Å²) in [6, 6.07) is 14.9. The second kappa shape index (κ2) is 8.49. The molecule has 2 aromatic carbocycles. The summed E-state index contributed by atoms with van der Waals surface area (Å²) in [4.78, 5) is 25.7. The highest BCUT2D eigenvalue weighted by Gasteiger charge is 2.30. The van der Waals surface area contributed by atoms with Crippen LogP contribution < -0.4 is 0 Å². The number of non-ortho nitro benzene ring substituents is 1. The average molecular weight is 441 g/mol. The first kappa shape index (κ1) is 21.0. The Bertz CT molecular complexity index is 1120. The van der Waals surface area contributed by atoms with Crippen molar-refractivity contribution in [1.29, 1.82) is 0 Å². The van der Waals surface area contributed by atoms with Crippen molar-refractivity contribution in [2.24, 2.45) is 0 Å². The Morgan fingerprint density at radius 3 is 2.39 bits per heavy atom. The van der Waals surface area contributed by atoms with Gasteiger partial charge < -0.3 is 9.64 Å². The number of nitrogens with zero attached hydrogens (tertiary/aromatic N) is 4. The number of hydrogen-bond donors (Lipinski definition) is 0. The van der Waals surface area contributed by atoms with Crippen LogP contribution in [0.25, 0.3) is 16.9 Å². The van der Waals surface area contributed by atoms with Crippen molar-refractivity contribution in [2.45, 2.75) is 26.1 Å². The summed E-state index contributed by atoms with van der Waals surface area (Å²) in [5, 5.41) is 16.0. The molecule has 0 bridgehead atoms. The maximum Gasteiger partial charge on any atom is 0.272 e. The lowest BCUT2D eigenvalue weighted by Crippen LogP contribution is -2.48. The Hall–Kier alpha value is -3.23. The van der Waals surface area contributed by atoms with Crippen molar-refractivity contribution in [1.82, 2.24) is 14.7 Å². The van der Waals surface area contributed by atoms with Gasteiger partial charge in [-0.25, -0.2) is 4.68 Å². The van der Waals surface area contributed by atoms with Crippen molar-refractivity contribution in [3.8, 4) is 16.9 Å². The van der Waals surface area contributed by atoms with Gasteiger partial charge in [-0.3, -0.25) is 14.9 Å². The van der Waals surface area contributed by atoms with E-state index in [9.17, 15) is 14.9 Å². The van der Waals surface area contributed by atoms with E-state index in [0.29, 0.717) is 40.8 Å². The van der Waals surface area contributed by atoms with E-state index in [1.807, 2.05) is 19.9 Å². The largest absolute Gasteiger partial charge is 0.372 e. The topological polar surface area (TPSA) is 90.5 Å². The molecule has 1 amide bonds. The molecule has 31 heavy (non-hydrogen) atoms. The third-order valence-corrected chi connectivity index (χ3v) is 5.41. The summed E-state index contributed by atoms with van der Waals surface area (Å²) < 4.78 is 7.28. The molecule has 2 heterocycles. The van der Waals surface area contributed by atoms with Gasteiger partial charge in [0.2, 0.25) is 0 Å². The van der Waals surface area contributed by atoms with E-state index in [-0.39, 0.29) is 23.8 Å². The van der Waals surface area contributed by atoms with Gasteiger partial charge in [-0.15, -0.1) is 0 Å². The molecule has 1 fully saturated rings. The summed E-state index contributed by atoms with van der Waals surface area (Å²) in [5.74, 6) is -0.178. The Morgan fingerprint density at radius 2 is 1.77 bits per heavy atom. The molecule has 0 N–H and O–H groups in total. The third-order valence-electron chi connectivity index (χ3n) is 5.09. The number of hydrogen-bond acceptors (Lipinski definition) is 5. The predicted octanol–water partition coefficient (Wildman–Crippen LogP) is 4.35. The molecule has 0 spiro atoms. The summed E-state index contributed by atoms with van der Waals surface area (Å²) in [5.41, 5.74) is 2.11. The maximum absolute atomic E-state index is 13.5. The zero-order valence-corrected chi connectivity index (χ0v) is 17.8. The molecule has 8 nitrogen and oxygen atoms in total. The molecule has 4 rings (SSSR count). The fourth-order valence-electron chi connectivity index (χ4n) is 3.74. The molecular formula is C22H21ClN4O4. The zero-order chi connectivity index (χ0) is 22.1. The molecule has 2 unspecified atom stereocenters. The van der Waals surface area contributed by atoms with Crippen LogP contribution >= 0.6 is 11.6 Å². The number of halogens is 1. The first-order valence-electron chi connectivity index (χ1n) is 9.88. The van der Waals surface area contributed by atoms with E-state index < -0.39 is 4.92 Å². The summed E-state index contributed by atoms with van der Waals surface area (Å²) in [6.07, 6.45) is -0.142. The molecule has 9 heteroatoms. The fraction of sp³-hybridized carbons (Fsp3) is 0.273. The number of nitro groups is 1. The van der Waals surface area contributed by atoms with Gasteiger partial charge in [0, 0.05) is 30.8 Å². The molecule has 0 aliphatic carbocycles. The molecule has 0 saturated carbocycles. The molecular weight excluding hydrogens is 420 g/mol. The van der Waals surface area contributed by atoms with Gasteiger partial charge in [0.15, 0.2) is 0 Å². The quantitative estimate of drug-likeness (QED) is 0.444. The Balaban J connectivity index is 1.78. The van der Waals surface area contributed by atoms with Crippen LogP contribution in [0.3, 0.4) is 0 Å². The van der Waals surface area contributed by atoms with E-state index in [0.717, 1.165) is 0 Å². The predicted molar refractivity (Wildman–Crippen MR) is 117 cm³/mol. The molecule has 3 aromatic rings. The number of rotatable bonds is 4. The van der Waals surface area contributed by atoms with Crippen LogP contribution in [-0.4, -0.2) is 50.8 Å². The monoisotopic (exact) mass is 440 g/mol. The number of morpholine rings is 1. The Kier molecular flexibility index (Phi) is 5.75. The Labute approximate surface area is 184 Å². The van der Waals surface area contributed by atoms with Crippen LogP contribution in [0.1, 0.15) is 24.3 Å². The van der Waals surface area contributed by atoms with E-state index >= 15 is 0 Å². The van der Waals surface area contributed by atoms with Crippen LogP contribution in [-0.2, 0) is 4.74 Å². The van der Waals surface area contributed by atoms with Crippen LogP contribution in [0.4, 0.5) is 5.69 Å². The van der Waals surface area contributed by atoms with E-state index in [1.165, 1.54) is 16.8 Å². The van der Waals surface area contributed by atoms with Gasteiger partial charge in [-0.2, -0.15) is 5.10 Å². The number of amides is 1. The molecule has 1 aliphatic heterocycles. The highest BCUT2D eigenvalue weighted by Crippen LogP contribution is 2.28. The van der Waals surface area contributed by atoms with Crippen molar-refractivity contribution in [2.75, 3.05) is 13.1 Å². The smallest absolute Gasteiger partial charge is 0.272 e. The molecule has 1 saturated heterocycles. The number of aromatic nitrogens is 2. The molecule has 2 atom stereocenters.